The highest BCUT2D eigenvalue weighted by Crippen LogP contribution is 2.23. The second kappa shape index (κ2) is 10.6. The predicted molar refractivity (Wildman–Crippen MR) is 113 cm³/mol. The summed E-state index contributed by atoms with van der Waals surface area (Å²) in [6.07, 6.45) is 3.46. The first-order chi connectivity index (χ1) is 13.0. The van der Waals surface area contributed by atoms with E-state index >= 15 is 0 Å². The van der Waals surface area contributed by atoms with Gasteiger partial charge in [-0.25, -0.2) is 9.59 Å². The monoisotopic (exact) mass is 496 g/mol. The standard InChI is InChI=1S/C11H12O2.C10H10Br2O2/c1-13-11(12)10-6-5-8-3-2-4-9(8)7-10;1-14-10(13)7-2-3-8(5-11)9(4-7)6-12/h5-7H,2-4H2,1H3;2-4H,5-6H2,1H3. The molecule has 0 spiro atoms. The van der Waals surface area contributed by atoms with E-state index < -0.39 is 0 Å². The average molecular weight is 498 g/mol. The maximum atomic E-state index is 11.2. The molecule has 0 atom stereocenters. The average Bonchev–Trinajstić information content (AvgIpc) is 3.20. The van der Waals surface area contributed by atoms with Crippen molar-refractivity contribution in [2.45, 2.75) is 29.9 Å². The fraction of sp³-hybridized carbons (Fsp3) is 0.333. The number of aryl methyl sites for hydroxylation is 2. The van der Waals surface area contributed by atoms with Crippen molar-refractivity contribution in [3.63, 3.8) is 0 Å². The second-order valence-corrected chi connectivity index (χ2v) is 7.19. The summed E-state index contributed by atoms with van der Waals surface area (Å²) in [5.74, 6) is -0.539. The van der Waals surface area contributed by atoms with Crippen LogP contribution in [0.2, 0.25) is 0 Å². The molecule has 0 bridgehead atoms. The highest BCUT2D eigenvalue weighted by molar-refractivity contribution is 9.09. The molecule has 0 fully saturated rings. The lowest BCUT2D eigenvalue weighted by molar-refractivity contribution is 0.0591. The fourth-order valence-electron chi connectivity index (χ4n) is 2.94. The van der Waals surface area contributed by atoms with Crippen LogP contribution in [-0.4, -0.2) is 26.2 Å². The lowest BCUT2D eigenvalue weighted by Crippen LogP contribution is -2.02. The Morgan fingerprint density at radius 1 is 0.815 bits per heavy atom. The third kappa shape index (κ3) is 5.66. The number of esters is 2. The molecule has 1 aliphatic carbocycles. The topological polar surface area (TPSA) is 52.6 Å². The summed E-state index contributed by atoms with van der Waals surface area (Å²) in [4.78, 5) is 22.4. The van der Waals surface area contributed by atoms with E-state index in [2.05, 4.69) is 41.3 Å². The molecule has 0 saturated carbocycles. The van der Waals surface area contributed by atoms with Crippen molar-refractivity contribution in [3.8, 4) is 0 Å². The van der Waals surface area contributed by atoms with E-state index in [-0.39, 0.29) is 11.9 Å². The Morgan fingerprint density at radius 2 is 1.37 bits per heavy atom. The molecule has 0 amide bonds. The first-order valence-corrected chi connectivity index (χ1v) is 10.8. The Hall–Kier alpha value is -1.66. The molecule has 0 saturated heterocycles. The molecular formula is C21H22Br2O4. The zero-order valence-electron chi connectivity index (χ0n) is 15.4. The van der Waals surface area contributed by atoms with Crippen LogP contribution in [0.25, 0.3) is 0 Å². The summed E-state index contributed by atoms with van der Waals surface area (Å²) in [6.45, 7) is 0. The Morgan fingerprint density at radius 3 is 1.96 bits per heavy atom. The lowest BCUT2D eigenvalue weighted by atomic mass is 10.1. The van der Waals surface area contributed by atoms with Gasteiger partial charge >= 0.3 is 11.9 Å². The first-order valence-electron chi connectivity index (χ1n) is 8.56. The quantitative estimate of drug-likeness (QED) is 0.429. The number of fused-ring (bicyclic) bond motifs is 1. The zero-order chi connectivity index (χ0) is 19.8. The Labute approximate surface area is 176 Å². The minimum absolute atomic E-state index is 0.241. The van der Waals surface area contributed by atoms with E-state index in [1.165, 1.54) is 37.3 Å². The number of carbonyl (C=O) groups is 2. The van der Waals surface area contributed by atoms with Gasteiger partial charge in [0.15, 0.2) is 0 Å². The van der Waals surface area contributed by atoms with Gasteiger partial charge in [-0.05, 0) is 65.8 Å². The number of hydrogen-bond donors (Lipinski definition) is 0. The molecule has 1 aliphatic rings. The summed E-state index contributed by atoms with van der Waals surface area (Å²) in [5.41, 5.74) is 6.23. The van der Waals surface area contributed by atoms with Gasteiger partial charge in [-0.15, -0.1) is 0 Å². The van der Waals surface area contributed by atoms with Crippen LogP contribution in [0.4, 0.5) is 0 Å². The Kier molecular flexibility index (Phi) is 8.51. The van der Waals surface area contributed by atoms with Crippen LogP contribution in [0.3, 0.4) is 0 Å². The molecule has 0 heterocycles. The van der Waals surface area contributed by atoms with E-state index in [1.54, 1.807) is 6.07 Å². The van der Waals surface area contributed by atoms with Gasteiger partial charge in [0.25, 0.3) is 0 Å². The number of ether oxygens (including phenoxy) is 2. The van der Waals surface area contributed by atoms with Gasteiger partial charge in [-0.3, -0.25) is 0 Å². The summed E-state index contributed by atoms with van der Waals surface area (Å²) in [5, 5.41) is 1.52. The molecule has 27 heavy (non-hydrogen) atoms. The van der Waals surface area contributed by atoms with Crippen LogP contribution in [0.15, 0.2) is 36.4 Å². The van der Waals surface area contributed by atoms with Crippen molar-refractivity contribution in [1.29, 1.82) is 0 Å². The second-order valence-electron chi connectivity index (χ2n) is 6.07. The van der Waals surface area contributed by atoms with Crippen LogP contribution in [-0.2, 0) is 33.0 Å². The van der Waals surface area contributed by atoms with Crippen molar-refractivity contribution >= 4 is 43.8 Å². The van der Waals surface area contributed by atoms with Crippen molar-refractivity contribution in [3.05, 3.63) is 69.8 Å². The molecule has 2 aromatic carbocycles. The van der Waals surface area contributed by atoms with Gasteiger partial charge in [0, 0.05) is 10.7 Å². The molecule has 4 nitrogen and oxygen atoms in total. The van der Waals surface area contributed by atoms with Crippen molar-refractivity contribution in [2.24, 2.45) is 0 Å². The van der Waals surface area contributed by atoms with E-state index in [9.17, 15) is 9.59 Å². The number of benzene rings is 2. The normalized spacial score (nSPS) is 11.9. The zero-order valence-corrected chi connectivity index (χ0v) is 18.6. The highest BCUT2D eigenvalue weighted by Gasteiger charge is 2.13. The SMILES string of the molecule is COC(=O)c1ccc(CBr)c(CBr)c1.COC(=O)c1ccc2c(c1)CCC2. The van der Waals surface area contributed by atoms with Crippen LogP contribution >= 0.6 is 31.9 Å². The molecule has 0 aromatic heterocycles. The maximum absolute atomic E-state index is 11.2. The molecule has 0 N–H and O–H groups in total. The first kappa shape index (κ1) is 21.6. The minimum Gasteiger partial charge on any atom is -0.465 e. The van der Waals surface area contributed by atoms with Crippen LogP contribution in [0, 0.1) is 0 Å². The number of hydrogen-bond acceptors (Lipinski definition) is 4. The van der Waals surface area contributed by atoms with Gasteiger partial charge < -0.3 is 9.47 Å². The summed E-state index contributed by atoms with van der Waals surface area (Å²) in [7, 11) is 2.80. The third-order valence-electron chi connectivity index (χ3n) is 4.43. The van der Waals surface area contributed by atoms with Crippen LogP contribution < -0.4 is 0 Å². The molecule has 0 radical (unpaired) electrons. The Bertz CT molecular complexity index is 818. The maximum Gasteiger partial charge on any atom is 0.337 e. The number of methoxy groups -OCH3 is 2. The van der Waals surface area contributed by atoms with Crippen molar-refractivity contribution in [2.75, 3.05) is 14.2 Å². The smallest absolute Gasteiger partial charge is 0.337 e. The van der Waals surface area contributed by atoms with Crippen LogP contribution in [0.5, 0.6) is 0 Å². The van der Waals surface area contributed by atoms with E-state index in [1.807, 2.05) is 30.3 Å². The molecule has 144 valence electrons. The largest absolute Gasteiger partial charge is 0.465 e. The minimum atomic E-state index is -0.298. The summed E-state index contributed by atoms with van der Waals surface area (Å²) >= 11 is 6.77. The van der Waals surface area contributed by atoms with Crippen LogP contribution in [0.1, 0.15) is 49.4 Å². The Balaban J connectivity index is 0.000000194. The van der Waals surface area contributed by atoms with E-state index in [0.717, 1.165) is 29.1 Å². The van der Waals surface area contributed by atoms with E-state index in [0.29, 0.717) is 11.1 Å². The van der Waals surface area contributed by atoms with Crippen molar-refractivity contribution in [1.82, 2.24) is 0 Å². The van der Waals surface area contributed by atoms with Gasteiger partial charge in [0.05, 0.1) is 25.3 Å². The number of halogens is 2. The lowest BCUT2D eigenvalue weighted by Gasteiger charge is -2.06. The molecule has 3 rings (SSSR count). The molecule has 6 heteroatoms. The van der Waals surface area contributed by atoms with Gasteiger partial charge in [0.1, 0.15) is 0 Å². The van der Waals surface area contributed by atoms with E-state index in [4.69, 9.17) is 0 Å². The molecule has 0 unspecified atom stereocenters. The van der Waals surface area contributed by atoms with Crippen molar-refractivity contribution < 1.29 is 19.1 Å². The summed E-state index contributed by atoms with van der Waals surface area (Å²) in [6, 6.07) is 11.4. The molecule has 2 aromatic rings. The third-order valence-corrected chi connectivity index (χ3v) is 5.64. The molecular weight excluding hydrogens is 476 g/mol. The van der Waals surface area contributed by atoms with Gasteiger partial charge in [-0.2, -0.15) is 0 Å². The van der Waals surface area contributed by atoms with Gasteiger partial charge in [0.2, 0.25) is 0 Å². The number of alkyl halides is 2. The van der Waals surface area contributed by atoms with Gasteiger partial charge in [-0.1, -0.05) is 44.0 Å². The highest BCUT2D eigenvalue weighted by atomic mass is 79.9. The molecule has 0 aliphatic heterocycles. The fourth-order valence-corrected chi connectivity index (χ4v) is 4.01. The summed E-state index contributed by atoms with van der Waals surface area (Å²) < 4.78 is 9.30. The number of carbonyl (C=O) groups excluding carboxylic acids is 2. The predicted octanol–water partition coefficient (Wildman–Crippen LogP) is 5.22. The number of rotatable bonds is 4.